The van der Waals surface area contributed by atoms with Crippen LogP contribution in [0.1, 0.15) is 38.9 Å². The van der Waals surface area contributed by atoms with Crippen molar-refractivity contribution < 1.29 is 13.6 Å². The van der Waals surface area contributed by atoms with Gasteiger partial charge >= 0.3 is 0 Å². The second-order valence-electron chi connectivity index (χ2n) is 6.93. The van der Waals surface area contributed by atoms with E-state index in [1.165, 1.54) is 18.2 Å². The van der Waals surface area contributed by atoms with Crippen LogP contribution < -0.4 is 11.1 Å². The summed E-state index contributed by atoms with van der Waals surface area (Å²) in [7, 11) is 0. The molecule has 4 rings (SSSR count). The Balaban J connectivity index is 1.83. The van der Waals surface area contributed by atoms with E-state index in [2.05, 4.69) is 15.3 Å². The predicted octanol–water partition coefficient (Wildman–Crippen LogP) is 3.65. The number of nitrogens with one attached hydrogen (secondary N) is 1. The van der Waals surface area contributed by atoms with Gasteiger partial charge in [0.05, 0.1) is 23.0 Å². The highest BCUT2D eigenvalue weighted by molar-refractivity contribution is 5.98. The Morgan fingerprint density at radius 3 is 2.61 bits per heavy atom. The Morgan fingerprint density at radius 2 is 1.86 bits per heavy atom. The number of aryl methyl sites for hydroxylation is 2. The molecule has 7 heteroatoms. The van der Waals surface area contributed by atoms with Crippen molar-refractivity contribution >= 4 is 11.9 Å². The van der Waals surface area contributed by atoms with Crippen LogP contribution in [0.5, 0.6) is 0 Å². The smallest absolute Gasteiger partial charge is 0.255 e. The molecule has 0 bridgehead atoms. The van der Waals surface area contributed by atoms with E-state index in [1.807, 2.05) is 0 Å². The highest BCUT2D eigenvalue weighted by Crippen LogP contribution is 2.35. The van der Waals surface area contributed by atoms with Gasteiger partial charge in [0.1, 0.15) is 11.6 Å². The molecule has 0 radical (unpaired) electrons. The summed E-state index contributed by atoms with van der Waals surface area (Å²) in [4.78, 5) is 20.9. The highest BCUT2D eigenvalue weighted by atomic mass is 19.1. The van der Waals surface area contributed by atoms with Crippen LogP contribution in [0.3, 0.4) is 0 Å². The van der Waals surface area contributed by atoms with Crippen LogP contribution in [-0.4, -0.2) is 15.9 Å². The van der Waals surface area contributed by atoms with E-state index in [1.54, 1.807) is 32.0 Å². The predicted molar refractivity (Wildman–Crippen MR) is 102 cm³/mol. The normalized spacial score (nSPS) is 15.9. The number of anilines is 1. The number of fused-ring (bicyclic) bond motifs is 1. The number of nitrogens with two attached hydrogens (primary N) is 1. The molecule has 1 unspecified atom stereocenters. The third-order valence-corrected chi connectivity index (χ3v) is 4.92. The highest BCUT2D eigenvalue weighted by Gasteiger charge is 2.30. The summed E-state index contributed by atoms with van der Waals surface area (Å²) in [6, 6.07) is 8.43. The molecule has 0 aliphatic carbocycles. The average Bonchev–Trinajstić information content (AvgIpc) is 2.60. The molecule has 0 saturated heterocycles. The van der Waals surface area contributed by atoms with Crippen molar-refractivity contribution in [3.63, 3.8) is 0 Å². The molecule has 2 heterocycles. The summed E-state index contributed by atoms with van der Waals surface area (Å²) in [6.45, 7) is 3.48. The summed E-state index contributed by atoms with van der Waals surface area (Å²) in [6.07, 6.45) is 0.348. The van der Waals surface area contributed by atoms with Crippen molar-refractivity contribution in [1.82, 2.24) is 15.3 Å². The maximum atomic E-state index is 14.6. The van der Waals surface area contributed by atoms with Crippen molar-refractivity contribution in [2.45, 2.75) is 26.3 Å². The Morgan fingerprint density at radius 1 is 1.07 bits per heavy atom. The minimum absolute atomic E-state index is 0.0913. The maximum absolute atomic E-state index is 14.6. The van der Waals surface area contributed by atoms with E-state index in [0.29, 0.717) is 34.5 Å². The van der Waals surface area contributed by atoms with Gasteiger partial charge < -0.3 is 11.1 Å². The van der Waals surface area contributed by atoms with Crippen molar-refractivity contribution in [3.8, 4) is 11.1 Å². The molecule has 142 valence electrons. The van der Waals surface area contributed by atoms with E-state index in [0.717, 1.165) is 5.56 Å². The van der Waals surface area contributed by atoms with Crippen LogP contribution in [-0.2, 0) is 6.42 Å². The fourth-order valence-corrected chi connectivity index (χ4v) is 3.67. The lowest BCUT2D eigenvalue weighted by Crippen LogP contribution is -2.37. The maximum Gasteiger partial charge on any atom is 0.255 e. The van der Waals surface area contributed by atoms with Gasteiger partial charge in [-0.3, -0.25) is 4.79 Å². The molecule has 2 aromatic carbocycles. The monoisotopic (exact) mass is 380 g/mol. The molecule has 3 N–H and O–H groups in total. The molecular weight excluding hydrogens is 362 g/mol. The van der Waals surface area contributed by atoms with E-state index in [-0.39, 0.29) is 17.4 Å². The molecule has 1 aliphatic heterocycles. The second-order valence-corrected chi connectivity index (χ2v) is 6.93. The van der Waals surface area contributed by atoms with E-state index >= 15 is 0 Å². The van der Waals surface area contributed by atoms with Crippen molar-refractivity contribution in [1.29, 1.82) is 0 Å². The quantitative estimate of drug-likeness (QED) is 0.711. The number of carbonyl (C=O) groups excluding carboxylic acids is 1. The van der Waals surface area contributed by atoms with E-state index in [4.69, 9.17) is 5.73 Å². The molecule has 1 aromatic heterocycles. The molecule has 28 heavy (non-hydrogen) atoms. The van der Waals surface area contributed by atoms with Gasteiger partial charge in [-0.15, -0.1) is 0 Å². The van der Waals surface area contributed by atoms with Gasteiger partial charge in [0.15, 0.2) is 0 Å². The first-order valence-corrected chi connectivity index (χ1v) is 8.83. The molecule has 0 fully saturated rings. The van der Waals surface area contributed by atoms with Crippen molar-refractivity contribution in [2.75, 3.05) is 5.73 Å². The first-order valence-electron chi connectivity index (χ1n) is 8.83. The first-order chi connectivity index (χ1) is 13.3. The van der Waals surface area contributed by atoms with Gasteiger partial charge in [-0.1, -0.05) is 18.2 Å². The van der Waals surface area contributed by atoms with E-state index < -0.39 is 17.7 Å². The standard InChI is InChI=1S/C21H18F2N4O/c1-10-3-5-13(16(23)7-10)15-8-12(22)4-6-14(15)17-9-18-19(20(28)26-17)11(2)25-21(24)27-18/h3-8,17H,9H2,1-2H3,(H,26,28)(H2,24,25,27). The fraction of sp³-hybridized carbons (Fsp3) is 0.190. The number of nitrogens with zero attached hydrogens (tertiary/aromatic N) is 2. The van der Waals surface area contributed by atoms with Gasteiger partial charge in [-0.2, -0.15) is 0 Å². The Bertz CT molecular complexity index is 1110. The van der Waals surface area contributed by atoms with Crippen LogP contribution in [0.15, 0.2) is 36.4 Å². The first kappa shape index (κ1) is 18.0. The summed E-state index contributed by atoms with van der Waals surface area (Å²) < 4.78 is 28.6. The molecule has 1 amide bonds. The summed E-state index contributed by atoms with van der Waals surface area (Å²) in [5, 5.41) is 2.90. The zero-order valence-electron chi connectivity index (χ0n) is 15.4. The molecule has 5 nitrogen and oxygen atoms in total. The number of nitrogen functional groups attached to an aromatic ring is 1. The van der Waals surface area contributed by atoms with Crippen molar-refractivity contribution in [2.24, 2.45) is 0 Å². The molecular formula is C21H18F2N4O. The number of rotatable bonds is 2. The fourth-order valence-electron chi connectivity index (χ4n) is 3.67. The minimum atomic E-state index is -0.495. The number of amides is 1. The van der Waals surface area contributed by atoms with Gasteiger partial charge in [0.25, 0.3) is 5.91 Å². The summed E-state index contributed by atoms with van der Waals surface area (Å²) >= 11 is 0. The second kappa shape index (κ2) is 6.67. The van der Waals surface area contributed by atoms with Gasteiger partial charge in [-0.05, 0) is 48.7 Å². The van der Waals surface area contributed by atoms with Crippen LogP contribution >= 0.6 is 0 Å². The zero-order valence-corrected chi connectivity index (χ0v) is 15.4. The number of hydrogen-bond donors (Lipinski definition) is 2. The van der Waals surface area contributed by atoms with Crippen LogP contribution in [0, 0.1) is 25.5 Å². The largest absolute Gasteiger partial charge is 0.368 e. The third kappa shape index (κ3) is 3.09. The topological polar surface area (TPSA) is 80.9 Å². The summed E-state index contributed by atoms with van der Waals surface area (Å²) in [5.74, 6) is -1.17. The Kier molecular flexibility index (Phi) is 4.30. The average molecular weight is 380 g/mol. The molecule has 3 aromatic rings. The van der Waals surface area contributed by atoms with Crippen molar-refractivity contribution in [3.05, 3.63) is 76.1 Å². The number of benzene rings is 2. The number of halogens is 2. The van der Waals surface area contributed by atoms with Crippen LogP contribution in [0.4, 0.5) is 14.7 Å². The lowest BCUT2D eigenvalue weighted by atomic mass is 9.88. The van der Waals surface area contributed by atoms with Gasteiger partial charge in [-0.25, -0.2) is 18.7 Å². The summed E-state index contributed by atoms with van der Waals surface area (Å²) in [5.41, 5.74) is 9.21. The SMILES string of the molecule is Cc1ccc(-c2cc(F)ccc2C2Cc3nc(N)nc(C)c3C(=O)N2)c(F)c1. The minimum Gasteiger partial charge on any atom is -0.368 e. The molecule has 0 saturated carbocycles. The number of hydrogen-bond acceptors (Lipinski definition) is 4. The third-order valence-electron chi connectivity index (χ3n) is 4.92. The molecule has 0 spiro atoms. The van der Waals surface area contributed by atoms with E-state index in [9.17, 15) is 13.6 Å². The zero-order chi connectivity index (χ0) is 20.0. The van der Waals surface area contributed by atoms with Gasteiger partial charge in [0, 0.05) is 12.0 Å². The van der Waals surface area contributed by atoms with Crippen LogP contribution in [0.2, 0.25) is 0 Å². The number of carbonyl (C=O) groups is 1. The number of aromatic nitrogens is 2. The van der Waals surface area contributed by atoms with Gasteiger partial charge in [0.2, 0.25) is 5.95 Å². The molecule has 1 atom stereocenters. The Labute approximate surface area is 160 Å². The molecule has 1 aliphatic rings. The Hall–Kier alpha value is -3.35. The lowest BCUT2D eigenvalue weighted by molar-refractivity contribution is 0.0922. The van der Waals surface area contributed by atoms with Crippen LogP contribution in [0.25, 0.3) is 11.1 Å². The lowest BCUT2D eigenvalue weighted by Gasteiger charge is -2.28.